The standard InChI is InChI=1S/C10H19N3O/c1-9(14)8-12(2)6-4-10-11-5-7-13(10)3/h5,7,9,14H,4,6,8H2,1-3H3. The highest BCUT2D eigenvalue weighted by molar-refractivity contribution is 4.91. The number of nitrogens with zero attached hydrogens (tertiary/aromatic N) is 3. The Bertz CT molecular complexity index is 270. The summed E-state index contributed by atoms with van der Waals surface area (Å²) >= 11 is 0. The van der Waals surface area contributed by atoms with Gasteiger partial charge in [-0.05, 0) is 14.0 Å². The van der Waals surface area contributed by atoms with E-state index in [2.05, 4.69) is 9.88 Å². The summed E-state index contributed by atoms with van der Waals surface area (Å²) in [6.07, 6.45) is 4.42. The minimum atomic E-state index is -0.263. The van der Waals surface area contributed by atoms with Gasteiger partial charge >= 0.3 is 0 Å². The number of aromatic nitrogens is 2. The van der Waals surface area contributed by atoms with Crippen LogP contribution in [0.25, 0.3) is 0 Å². The van der Waals surface area contributed by atoms with Gasteiger partial charge in [-0.15, -0.1) is 0 Å². The maximum Gasteiger partial charge on any atom is 0.109 e. The van der Waals surface area contributed by atoms with Crippen LogP contribution in [0, 0.1) is 0 Å². The van der Waals surface area contributed by atoms with Gasteiger partial charge in [0.05, 0.1) is 6.10 Å². The van der Waals surface area contributed by atoms with Crippen molar-refractivity contribution in [3.05, 3.63) is 18.2 Å². The third-order valence-electron chi connectivity index (χ3n) is 2.21. The van der Waals surface area contributed by atoms with Gasteiger partial charge in [0.15, 0.2) is 0 Å². The zero-order valence-electron chi connectivity index (χ0n) is 9.14. The maximum atomic E-state index is 9.17. The van der Waals surface area contributed by atoms with Gasteiger partial charge in [0.2, 0.25) is 0 Å². The van der Waals surface area contributed by atoms with Gasteiger partial charge in [-0.3, -0.25) is 0 Å². The molecule has 0 radical (unpaired) electrons. The van der Waals surface area contributed by atoms with Crippen LogP contribution in [0.4, 0.5) is 0 Å². The topological polar surface area (TPSA) is 41.3 Å². The highest BCUT2D eigenvalue weighted by Gasteiger charge is 2.04. The molecule has 1 aromatic heterocycles. The second-order valence-corrected chi connectivity index (χ2v) is 3.82. The lowest BCUT2D eigenvalue weighted by Gasteiger charge is -2.17. The fourth-order valence-corrected chi connectivity index (χ4v) is 1.47. The summed E-state index contributed by atoms with van der Waals surface area (Å²) in [7, 11) is 4.01. The first-order valence-electron chi connectivity index (χ1n) is 4.92. The Labute approximate surface area is 85.2 Å². The third kappa shape index (κ3) is 3.47. The molecule has 1 heterocycles. The highest BCUT2D eigenvalue weighted by Crippen LogP contribution is 1.97. The second-order valence-electron chi connectivity index (χ2n) is 3.82. The summed E-state index contributed by atoms with van der Waals surface area (Å²) < 4.78 is 2.02. The number of rotatable bonds is 5. The molecule has 1 atom stereocenters. The Morgan fingerprint density at radius 2 is 2.36 bits per heavy atom. The molecule has 1 N–H and O–H groups in total. The molecule has 0 amide bonds. The molecule has 0 saturated carbocycles. The van der Waals surface area contributed by atoms with Gasteiger partial charge in [-0.1, -0.05) is 0 Å². The van der Waals surface area contributed by atoms with Crippen molar-refractivity contribution in [1.82, 2.24) is 14.5 Å². The lowest BCUT2D eigenvalue weighted by molar-refractivity contribution is 0.142. The Kier molecular flexibility index (Phi) is 4.10. The molecule has 0 aromatic carbocycles. The van der Waals surface area contributed by atoms with E-state index in [1.54, 1.807) is 6.92 Å². The molecule has 0 aliphatic rings. The normalized spacial score (nSPS) is 13.5. The Balaban J connectivity index is 2.30. The number of hydrogen-bond donors (Lipinski definition) is 1. The zero-order chi connectivity index (χ0) is 10.6. The summed E-state index contributed by atoms with van der Waals surface area (Å²) in [4.78, 5) is 6.35. The van der Waals surface area contributed by atoms with Crippen molar-refractivity contribution < 1.29 is 5.11 Å². The van der Waals surface area contributed by atoms with Crippen molar-refractivity contribution in [3.63, 3.8) is 0 Å². The molecule has 0 aliphatic heterocycles. The lowest BCUT2D eigenvalue weighted by Crippen LogP contribution is -2.29. The van der Waals surface area contributed by atoms with Crippen LogP contribution in [0.3, 0.4) is 0 Å². The molecule has 80 valence electrons. The monoisotopic (exact) mass is 197 g/mol. The van der Waals surface area contributed by atoms with Crippen LogP contribution < -0.4 is 0 Å². The summed E-state index contributed by atoms with van der Waals surface area (Å²) in [6.45, 7) is 3.44. The van der Waals surface area contributed by atoms with Crippen LogP contribution in [0.5, 0.6) is 0 Å². The van der Waals surface area contributed by atoms with E-state index in [1.165, 1.54) is 0 Å². The molecule has 14 heavy (non-hydrogen) atoms. The summed E-state index contributed by atoms with van der Waals surface area (Å²) in [5.41, 5.74) is 0. The number of hydrogen-bond acceptors (Lipinski definition) is 3. The first-order chi connectivity index (χ1) is 6.59. The predicted octanol–water partition coefficient (Wildman–Crippen LogP) is 0.275. The minimum absolute atomic E-state index is 0.263. The van der Waals surface area contributed by atoms with Crippen LogP contribution in [0.1, 0.15) is 12.7 Å². The summed E-state index contributed by atoms with van der Waals surface area (Å²) in [5.74, 6) is 1.09. The molecule has 0 spiro atoms. The van der Waals surface area contributed by atoms with Gasteiger partial charge in [-0.2, -0.15) is 0 Å². The molecular formula is C10H19N3O. The SMILES string of the molecule is CC(O)CN(C)CCc1nccn1C. The zero-order valence-corrected chi connectivity index (χ0v) is 9.14. The number of likely N-dealkylation sites (N-methyl/N-ethyl adjacent to an activating group) is 1. The van der Waals surface area contributed by atoms with Crippen LogP contribution in [-0.4, -0.2) is 45.8 Å². The van der Waals surface area contributed by atoms with Crippen LogP contribution >= 0.6 is 0 Å². The summed E-state index contributed by atoms with van der Waals surface area (Å²) in [6, 6.07) is 0. The van der Waals surface area contributed by atoms with E-state index in [0.717, 1.165) is 18.8 Å². The fourth-order valence-electron chi connectivity index (χ4n) is 1.47. The van der Waals surface area contributed by atoms with Gasteiger partial charge in [-0.25, -0.2) is 4.98 Å². The summed E-state index contributed by atoms with van der Waals surface area (Å²) in [5, 5.41) is 9.17. The van der Waals surface area contributed by atoms with Crippen molar-refractivity contribution in [2.75, 3.05) is 20.1 Å². The third-order valence-corrected chi connectivity index (χ3v) is 2.21. The molecule has 0 fully saturated rings. The average molecular weight is 197 g/mol. The first kappa shape index (κ1) is 11.2. The van der Waals surface area contributed by atoms with E-state index >= 15 is 0 Å². The van der Waals surface area contributed by atoms with Crippen LogP contribution in [0.2, 0.25) is 0 Å². The van der Waals surface area contributed by atoms with Crippen molar-refractivity contribution in [3.8, 4) is 0 Å². The van der Waals surface area contributed by atoms with Crippen LogP contribution in [-0.2, 0) is 13.5 Å². The molecular weight excluding hydrogens is 178 g/mol. The molecule has 0 saturated heterocycles. The quantitative estimate of drug-likeness (QED) is 0.737. The van der Waals surface area contributed by atoms with E-state index < -0.39 is 0 Å². The number of aryl methyl sites for hydroxylation is 1. The van der Waals surface area contributed by atoms with Gasteiger partial charge < -0.3 is 14.6 Å². The van der Waals surface area contributed by atoms with Gasteiger partial charge in [0, 0.05) is 39.0 Å². The average Bonchev–Trinajstić information content (AvgIpc) is 2.46. The van der Waals surface area contributed by atoms with Gasteiger partial charge in [0.1, 0.15) is 5.82 Å². The molecule has 4 heteroatoms. The highest BCUT2D eigenvalue weighted by atomic mass is 16.3. The Morgan fingerprint density at radius 1 is 1.64 bits per heavy atom. The van der Waals surface area contributed by atoms with E-state index in [-0.39, 0.29) is 6.10 Å². The Hall–Kier alpha value is -0.870. The van der Waals surface area contributed by atoms with Crippen molar-refractivity contribution in [2.45, 2.75) is 19.4 Å². The fraction of sp³-hybridized carbons (Fsp3) is 0.700. The van der Waals surface area contributed by atoms with Gasteiger partial charge in [0.25, 0.3) is 0 Å². The largest absolute Gasteiger partial charge is 0.392 e. The molecule has 1 aromatic rings. The number of imidazole rings is 1. The maximum absolute atomic E-state index is 9.17. The molecule has 0 aliphatic carbocycles. The molecule has 4 nitrogen and oxygen atoms in total. The smallest absolute Gasteiger partial charge is 0.109 e. The predicted molar refractivity (Wildman–Crippen MR) is 56.1 cm³/mol. The Morgan fingerprint density at radius 3 is 2.86 bits per heavy atom. The molecule has 1 unspecified atom stereocenters. The molecule has 1 rings (SSSR count). The number of aliphatic hydroxyl groups excluding tert-OH is 1. The lowest BCUT2D eigenvalue weighted by atomic mass is 10.3. The van der Waals surface area contributed by atoms with Crippen molar-refractivity contribution in [2.24, 2.45) is 7.05 Å². The van der Waals surface area contributed by atoms with E-state index in [1.807, 2.05) is 31.1 Å². The van der Waals surface area contributed by atoms with Crippen LogP contribution in [0.15, 0.2) is 12.4 Å². The first-order valence-corrected chi connectivity index (χ1v) is 4.92. The molecule has 0 bridgehead atoms. The minimum Gasteiger partial charge on any atom is -0.392 e. The van der Waals surface area contributed by atoms with Crippen molar-refractivity contribution >= 4 is 0 Å². The van der Waals surface area contributed by atoms with E-state index in [4.69, 9.17) is 0 Å². The second kappa shape index (κ2) is 5.12. The number of aliphatic hydroxyl groups is 1. The van der Waals surface area contributed by atoms with E-state index in [9.17, 15) is 5.11 Å². The van der Waals surface area contributed by atoms with Crippen molar-refractivity contribution in [1.29, 1.82) is 0 Å². The van der Waals surface area contributed by atoms with E-state index in [0.29, 0.717) is 6.54 Å².